The number of amides is 1. The lowest BCUT2D eigenvalue weighted by atomic mass is 9.99. The highest BCUT2D eigenvalue weighted by molar-refractivity contribution is 5.79. The minimum Gasteiger partial charge on any atom is -0.493 e. The van der Waals surface area contributed by atoms with Crippen LogP contribution in [0.2, 0.25) is 0 Å². The smallest absolute Gasteiger partial charge is 0.308 e. The van der Waals surface area contributed by atoms with Crippen molar-refractivity contribution < 1.29 is 24.2 Å². The number of ether oxygens (including phenoxy) is 2. The largest absolute Gasteiger partial charge is 0.493 e. The summed E-state index contributed by atoms with van der Waals surface area (Å²) in [5.74, 6) is -0.696. The second kappa shape index (κ2) is 8.26. The van der Waals surface area contributed by atoms with Crippen molar-refractivity contribution in [1.82, 2.24) is 5.32 Å². The van der Waals surface area contributed by atoms with Gasteiger partial charge in [0.25, 0.3) is 0 Å². The number of aliphatic carboxylic acids is 1. The highest BCUT2D eigenvalue weighted by Gasteiger charge is 2.17. The van der Waals surface area contributed by atoms with Crippen molar-refractivity contribution in [2.45, 2.75) is 20.3 Å². The molecule has 2 N–H and O–H groups in total. The summed E-state index contributed by atoms with van der Waals surface area (Å²) in [6, 6.07) is 5.51. The molecule has 0 aliphatic heterocycles. The first kappa shape index (κ1) is 17.8. The number of rotatable bonds is 8. The third-order valence-electron chi connectivity index (χ3n) is 3.44. The third-order valence-corrected chi connectivity index (χ3v) is 3.44. The summed E-state index contributed by atoms with van der Waals surface area (Å²) < 4.78 is 10.4. The molecular weight excluding hydrogens is 286 g/mol. The van der Waals surface area contributed by atoms with E-state index in [2.05, 4.69) is 5.32 Å². The molecule has 1 rings (SSSR count). The van der Waals surface area contributed by atoms with Gasteiger partial charge in [-0.3, -0.25) is 9.59 Å². The van der Waals surface area contributed by atoms with Crippen molar-refractivity contribution >= 4 is 11.9 Å². The fraction of sp³-hybridized carbons (Fsp3) is 0.500. The summed E-state index contributed by atoms with van der Waals surface area (Å²) in [5, 5.41) is 11.5. The Kier molecular flexibility index (Phi) is 6.69. The molecule has 0 aliphatic rings. The number of hydrogen-bond acceptors (Lipinski definition) is 4. The van der Waals surface area contributed by atoms with Gasteiger partial charge in [0.05, 0.1) is 20.1 Å². The minimum atomic E-state index is -0.923. The van der Waals surface area contributed by atoms with Crippen LogP contribution in [-0.4, -0.2) is 37.7 Å². The van der Waals surface area contributed by atoms with Gasteiger partial charge in [0.1, 0.15) is 0 Å². The van der Waals surface area contributed by atoms with Gasteiger partial charge in [0.15, 0.2) is 11.5 Å². The van der Waals surface area contributed by atoms with Crippen LogP contribution >= 0.6 is 0 Å². The summed E-state index contributed by atoms with van der Waals surface area (Å²) in [6.07, 6.45) is 0.535. The fourth-order valence-electron chi connectivity index (χ4n) is 1.97. The van der Waals surface area contributed by atoms with Crippen LogP contribution in [0.15, 0.2) is 18.2 Å². The van der Waals surface area contributed by atoms with Crippen LogP contribution in [0.5, 0.6) is 11.5 Å². The first-order valence-corrected chi connectivity index (χ1v) is 7.10. The van der Waals surface area contributed by atoms with Gasteiger partial charge in [-0.1, -0.05) is 19.9 Å². The Morgan fingerprint density at radius 3 is 2.32 bits per heavy atom. The van der Waals surface area contributed by atoms with Crippen LogP contribution in [0.1, 0.15) is 19.4 Å². The molecule has 0 bridgehead atoms. The Morgan fingerprint density at radius 2 is 1.77 bits per heavy atom. The van der Waals surface area contributed by atoms with Gasteiger partial charge < -0.3 is 19.9 Å². The Balaban J connectivity index is 2.62. The van der Waals surface area contributed by atoms with E-state index >= 15 is 0 Å². The monoisotopic (exact) mass is 309 g/mol. The van der Waals surface area contributed by atoms with Crippen molar-refractivity contribution in [2.75, 3.05) is 20.8 Å². The molecule has 2 atom stereocenters. The van der Waals surface area contributed by atoms with E-state index in [1.54, 1.807) is 34.1 Å². The molecule has 0 spiro atoms. The second-order valence-electron chi connectivity index (χ2n) is 5.28. The zero-order valence-corrected chi connectivity index (χ0v) is 13.4. The maximum atomic E-state index is 12.0. The molecule has 0 fully saturated rings. The molecule has 122 valence electrons. The Morgan fingerprint density at radius 1 is 1.14 bits per heavy atom. The molecule has 0 saturated carbocycles. The van der Waals surface area contributed by atoms with E-state index in [1.807, 2.05) is 12.1 Å². The summed E-state index contributed by atoms with van der Waals surface area (Å²) >= 11 is 0. The number of benzene rings is 1. The number of nitrogens with one attached hydrogen (secondary N) is 1. The maximum absolute atomic E-state index is 12.0. The minimum absolute atomic E-state index is 0.129. The van der Waals surface area contributed by atoms with E-state index in [4.69, 9.17) is 14.6 Å². The van der Waals surface area contributed by atoms with Gasteiger partial charge in [0.2, 0.25) is 5.91 Å². The van der Waals surface area contributed by atoms with Crippen LogP contribution in [0, 0.1) is 11.8 Å². The lowest BCUT2D eigenvalue weighted by Crippen LogP contribution is -2.35. The fourth-order valence-corrected chi connectivity index (χ4v) is 1.97. The van der Waals surface area contributed by atoms with Gasteiger partial charge in [-0.05, 0) is 24.1 Å². The maximum Gasteiger partial charge on any atom is 0.308 e. The number of carboxylic acids is 1. The summed E-state index contributed by atoms with van der Waals surface area (Å²) in [6.45, 7) is 3.49. The van der Waals surface area contributed by atoms with E-state index in [0.29, 0.717) is 17.9 Å². The van der Waals surface area contributed by atoms with E-state index in [-0.39, 0.29) is 18.4 Å². The number of carbonyl (C=O) groups is 2. The lowest BCUT2D eigenvalue weighted by molar-refractivity contribution is -0.141. The van der Waals surface area contributed by atoms with E-state index in [0.717, 1.165) is 5.56 Å². The van der Waals surface area contributed by atoms with Gasteiger partial charge in [-0.25, -0.2) is 0 Å². The van der Waals surface area contributed by atoms with Crippen LogP contribution in [-0.2, 0) is 16.0 Å². The van der Waals surface area contributed by atoms with Gasteiger partial charge >= 0.3 is 5.97 Å². The summed E-state index contributed by atoms with van der Waals surface area (Å²) in [7, 11) is 3.13. The van der Waals surface area contributed by atoms with Gasteiger partial charge in [-0.15, -0.1) is 0 Å². The van der Waals surface area contributed by atoms with Crippen molar-refractivity contribution in [3.05, 3.63) is 23.8 Å². The number of carboxylic acid groups (broad SMARTS) is 1. The van der Waals surface area contributed by atoms with E-state index in [1.165, 1.54) is 0 Å². The average Bonchev–Trinajstić information content (AvgIpc) is 2.51. The summed E-state index contributed by atoms with van der Waals surface area (Å²) in [5.41, 5.74) is 0.951. The van der Waals surface area contributed by atoms with Crippen LogP contribution < -0.4 is 14.8 Å². The molecular formula is C16H23NO5. The Labute approximate surface area is 130 Å². The molecule has 1 aromatic rings. The molecule has 22 heavy (non-hydrogen) atoms. The molecule has 1 aromatic carbocycles. The zero-order valence-electron chi connectivity index (χ0n) is 13.4. The molecule has 6 heteroatoms. The molecule has 1 amide bonds. The predicted octanol–water partition coefficient (Wildman–Crippen LogP) is 1.72. The van der Waals surface area contributed by atoms with Crippen LogP contribution in [0.25, 0.3) is 0 Å². The SMILES string of the molecule is COc1ccc(CC(C)C(=O)NCC(C)C(=O)O)cc1OC. The summed E-state index contributed by atoms with van der Waals surface area (Å²) in [4.78, 5) is 22.7. The van der Waals surface area contributed by atoms with Crippen LogP contribution in [0.3, 0.4) is 0 Å². The highest BCUT2D eigenvalue weighted by Crippen LogP contribution is 2.28. The number of carbonyl (C=O) groups excluding carboxylic acids is 1. The first-order chi connectivity index (χ1) is 10.4. The van der Waals surface area contributed by atoms with Crippen molar-refractivity contribution in [3.63, 3.8) is 0 Å². The first-order valence-electron chi connectivity index (χ1n) is 7.10. The molecule has 2 unspecified atom stereocenters. The van der Waals surface area contributed by atoms with Crippen LogP contribution in [0.4, 0.5) is 0 Å². The quantitative estimate of drug-likeness (QED) is 0.764. The molecule has 0 aliphatic carbocycles. The van der Waals surface area contributed by atoms with E-state index in [9.17, 15) is 9.59 Å². The zero-order chi connectivity index (χ0) is 16.7. The number of methoxy groups -OCH3 is 2. The average molecular weight is 309 g/mol. The topological polar surface area (TPSA) is 84.9 Å². The van der Waals surface area contributed by atoms with Gasteiger partial charge in [0, 0.05) is 12.5 Å². The van der Waals surface area contributed by atoms with Crippen molar-refractivity contribution in [3.8, 4) is 11.5 Å². The number of hydrogen-bond donors (Lipinski definition) is 2. The highest BCUT2D eigenvalue weighted by atomic mass is 16.5. The second-order valence-corrected chi connectivity index (χ2v) is 5.28. The molecule has 0 saturated heterocycles. The lowest BCUT2D eigenvalue weighted by Gasteiger charge is -2.15. The Hall–Kier alpha value is -2.24. The van der Waals surface area contributed by atoms with E-state index < -0.39 is 11.9 Å². The molecule has 0 radical (unpaired) electrons. The van der Waals surface area contributed by atoms with Gasteiger partial charge in [-0.2, -0.15) is 0 Å². The third kappa shape index (κ3) is 4.95. The molecule has 0 heterocycles. The standard InChI is InChI=1S/C16H23NO5/c1-10(15(18)17-9-11(2)16(19)20)7-12-5-6-13(21-3)14(8-12)22-4/h5-6,8,10-11H,7,9H2,1-4H3,(H,17,18)(H,19,20). The van der Waals surface area contributed by atoms with Crippen molar-refractivity contribution in [1.29, 1.82) is 0 Å². The Bertz CT molecular complexity index is 529. The predicted molar refractivity (Wildman–Crippen MR) is 82.2 cm³/mol. The normalized spacial score (nSPS) is 13.1. The van der Waals surface area contributed by atoms with Crippen molar-refractivity contribution in [2.24, 2.45) is 11.8 Å². The molecule has 0 aromatic heterocycles. The molecule has 6 nitrogen and oxygen atoms in total.